The first kappa shape index (κ1) is 21.4. The monoisotopic (exact) mass is 413 g/mol. The quantitative estimate of drug-likeness (QED) is 0.479. The van der Waals surface area contributed by atoms with Crippen LogP contribution in [0.3, 0.4) is 0 Å². The molecule has 1 saturated heterocycles. The molecular formula is C21H31F2N2O2S+. The van der Waals surface area contributed by atoms with Gasteiger partial charge in [0.1, 0.15) is 5.75 Å². The summed E-state index contributed by atoms with van der Waals surface area (Å²) < 4.78 is 31.5. The zero-order valence-electron chi connectivity index (χ0n) is 16.7. The van der Waals surface area contributed by atoms with E-state index in [4.69, 9.17) is 0 Å². The van der Waals surface area contributed by atoms with Crippen LogP contribution in [0.2, 0.25) is 0 Å². The second-order valence-electron chi connectivity index (χ2n) is 7.79. The molecule has 2 aliphatic rings. The fourth-order valence-corrected chi connectivity index (χ4v) is 5.10. The molecule has 28 heavy (non-hydrogen) atoms. The number of rotatable bonds is 9. The smallest absolute Gasteiger partial charge is 0.387 e. The van der Waals surface area contributed by atoms with E-state index in [0.717, 1.165) is 48.3 Å². The van der Waals surface area contributed by atoms with E-state index >= 15 is 0 Å². The van der Waals surface area contributed by atoms with Gasteiger partial charge in [0.15, 0.2) is 6.54 Å². The molecular weight excluding hydrogens is 382 g/mol. The highest BCUT2D eigenvalue weighted by Crippen LogP contribution is 2.37. The Morgan fingerprint density at radius 2 is 2.04 bits per heavy atom. The molecule has 0 aromatic heterocycles. The van der Waals surface area contributed by atoms with Gasteiger partial charge in [0.25, 0.3) is 5.72 Å². The number of aliphatic hydroxyl groups is 1. The Balaban J connectivity index is 1.70. The summed E-state index contributed by atoms with van der Waals surface area (Å²) in [6.45, 7) is 3.93. The van der Waals surface area contributed by atoms with E-state index < -0.39 is 12.3 Å². The highest BCUT2D eigenvalue weighted by atomic mass is 32.2. The van der Waals surface area contributed by atoms with Crippen LogP contribution in [0.1, 0.15) is 51.5 Å². The Hall–Kier alpha value is -1.34. The van der Waals surface area contributed by atoms with E-state index in [1.807, 2.05) is 0 Å². The number of fused-ring (bicyclic) bond motifs is 1. The van der Waals surface area contributed by atoms with Crippen molar-refractivity contribution in [1.82, 2.24) is 4.90 Å². The van der Waals surface area contributed by atoms with Crippen LogP contribution in [0.4, 0.5) is 8.78 Å². The predicted molar refractivity (Wildman–Crippen MR) is 109 cm³/mol. The van der Waals surface area contributed by atoms with Gasteiger partial charge in [0.2, 0.25) is 0 Å². The highest BCUT2D eigenvalue weighted by molar-refractivity contribution is 8.13. The van der Waals surface area contributed by atoms with E-state index in [9.17, 15) is 13.9 Å². The van der Waals surface area contributed by atoms with E-state index in [0.29, 0.717) is 6.54 Å². The molecule has 1 aromatic rings. The van der Waals surface area contributed by atoms with E-state index in [2.05, 4.69) is 28.1 Å². The molecule has 0 spiro atoms. The number of amidine groups is 1. The van der Waals surface area contributed by atoms with Crippen molar-refractivity contribution in [3.63, 3.8) is 0 Å². The van der Waals surface area contributed by atoms with Gasteiger partial charge in [0, 0.05) is 11.3 Å². The molecule has 0 saturated carbocycles. The normalized spacial score (nSPS) is 23.3. The Bertz CT molecular complexity index is 683. The second kappa shape index (κ2) is 9.44. The van der Waals surface area contributed by atoms with Crippen LogP contribution in [0.25, 0.3) is 0 Å². The van der Waals surface area contributed by atoms with Gasteiger partial charge in [-0.2, -0.15) is 8.78 Å². The zero-order valence-corrected chi connectivity index (χ0v) is 17.6. The van der Waals surface area contributed by atoms with Crippen LogP contribution in [-0.2, 0) is 5.72 Å². The molecule has 2 aliphatic heterocycles. The molecule has 2 atom stereocenters. The zero-order chi connectivity index (χ0) is 20.1. The van der Waals surface area contributed by atoms with Crippen molar-refractivity contribution in [3.05, 3.63) is 29.8 Å². The predicted octanol–water partition coefficient (Wildman–Crippen LogP) is 4.47. The Morgan fingerprint density at radius 1 is 1.29 bits per heavy atom. The van der Waals surface area contributed by atoms with Crippen molar-refractivity contribution in [2.75, 3.05) is 25.4 Å². The number of nitrogens with zero attached hydrogens (tertiary/aromatic N) is 2. The summed E-state index contributed by atoms with van der Waals surface area (Å²) in [5.74, 6) is 1.93. The number of thioether (sulfide) groups is 1. The number of benzene rings is 1. The van der Waals surface area contributed by atoms with Crippen LogP contribution < -0.4 is 4.74 Å². The third kappa shape index (κ3) is 4.79. The molecule has 0 amide bonds. The van der Waals surface area contributed by atoms with Gasteiger partial charge < -0.3 is 9.84 Å². The minimum absolute atomic E-state index is 0.111. The van der Waals surface area contributed by atoms with Crippen LogP contribution >= 0.6 is 11.8 Å². The van der Waals surface area contributed by atoms with Crippen molar-refractivity contribution in [3.8, 4) is 5.75 Å². The van der Waals surface area contributed by atoms with Gasteiger partial charge in [-0.05, 0) is 61.2 Å². The van der Waals surface area contributed by atoms with Crippen molar-refractivity contribution in [2.24, 2.45) is 5.92 Å². The van der Waals surface area contributed by atoms with Crippen molar-refractivity contribution in [2.45, 2.75) is 58.3 Å². The number of β-amino-alcohol motifs (C(OH)–C–C–N with tert-alkyl or cyclic N) is 1. The van der Waals surface area contributed by atoms with Crippen LogP contribution in [0, 0.1) is 5.92 Å². The van der Waals surface area contributed by atoms with Crippen LogP contribution in [0.5, 0.6) is 5.75 Å². The Labute approximate surface area is 170 Å². The first-order valence-corrected chi connectivity index (χ1v) is 11.2. The van der Waals surface area contributed by atoms with Crippen LogP contribution in [-0.4, -0.2) is 51.7 Å². The number of alkyl halides is 2. The van der Waals surface area contributed by atoms with E-state index in [1.165, 1.54) is 31.4 Å². The molecule has 1 fully saturated rings. The maximum absolute atomic E-state index is 12.4. The fraction of sp³-hybridized carbons (Fsp3) is 0.667. The van der Waals surface area contributed by atoms with E-state index in [1.54, 1.807) is 23.9 Å². The second-order valence-corrected chi connectivity index (χ2v) is 8.85. The minimum Gasteiger partial charge on any atom is -0.435 e. The Morgan fingerprint density at radius 3 is 2.71 bits per heavy atom. The third-order valence-electron chi connectivity index (χ3n) is 5.73. The summed E-state index contributed by atoms with van der Waals surface area (Å²) in [6, 6.07) is 6.40. The summed E-state index contributed by atoms with van der Waals surface area (Å²) >= 11 is 1.80. The molecule has 156 valence electrons. The van der Waals surface area contributed by atoms with Crippen molar-refractivity contribution >= 4 is 16.9 Å². The average molecular weight is 414 g/mol. The SMILES string of the molecule is CC[C@@H](C)CCCC[N+]1=C2SCCCN2[C@@](O)(c2ccc(OC(F)F)cc2)C1. The summed E-state index contributed by atoms with van der Waals surface area (Å²) in [4.78, 5) is 2.08. The first-order valence-electron chi connectivity index (χ1n) is 10.2. The average Bonchev–Trinajstić information content (AvgIpc) is 2.98. The first-order chi connectivity index (χ1) is 13.4. The molecule has 1 N–H and O–H groups in total. The Kier molecular flexibility index (Phi) is 7.20. The van der Waals surface area contributed by atoms with Gasteiger partial charge in [-0.25, -0.2) is 9.48 Å². The van der Waals surface area contributed by atoms with Gasteiger partial charge in [-0.15, -0.1) is 0 Å². The molecule has 1 aromatic carbocycles. The van der Waals surface area contributed by atoms with Crippen molar-refractivity contribution in [1.29, 1.82) is 0 Å². The largest absolute Gasteiger partial charge is 0.435 e. The lowest BCUT2D eigenvalue weighted by Gasteiger charge is -2.30. The fourth-order valence-electron chi connectivity index (χ4n) is 3.91. The molecule has 0 unspecified atom stereocenters. The van der Waals surface area contributed by atoms with E-state index in [-0.39, 0.29) is 5.75 Å². The topological polar surface area (TPSA) is 35.7 Å². The lowest BCUT2D eigenvalue weighted by atomic mass is 10.0. The number of hydrogen-bond donors (Lipinski definition) is 1. The van der Waals surface area contributed by atoms with Gasteiger partial charge in [-0.3, -0.25) is 0 Å². The minimum atomic E-state index is -2.84. The lowest BCUT2D eigenvalue weighted by Crippen LogP contribution is -2.48. The van der Waals surface area contributed by atoms with Gasteiger partial charge >= 0.3 is 11.8 Å². The van der Waals surface area contributed by atoms with Gasteiger partial charge in [0.05, 0.1) is 13.1 Å². The molecule has 3 rings (SSSR count). The lowest BCUT2D eigenvalue weighted by molar-refractivity contribution is -0.532. The summed E-state index contributed by atoms with van der Waals surface area (Å²) in [5, 5.41) is 12.7. The number of unbranched alkanes of at least 4 members (excludes halogenated alkanes) is 1. The third-order valence-corrected chi connectivity index (χ3v) is 6.96. The maximum Gasteiger partial charge on any atom is 0.387 e. The summed E-state index contributed by atoms with van der Waals surface area (Å²) in [6.07, 6.45) is 5.79. The molecule has 7 heteroatoms. The van der Waals surface area contributed by atoms with Crippen molar-refractivity contribution < 1.29 is 23.2 Å². The summed E-state index contributed by atoms with van der Waals surface area (Å²) in [7, 11) is 0. The molecule has 4 nitrogen and oxygen atoms in total. The molecule has 0 bridgehead atoms. The number of halogens is 2. The molecule has 0 aliphatic carbocycles. The standard InChI is InChI=1S/C21H31F2N2O2S/c1-3-16(2)7-4-5-12-24-15-21(26,25-13-6-14-28-20(24)25)17-8-10-18(11-9-17)27-19(22)23/h8-11,16,19,26H,3-7,12-15H2,1-2H3/q+1/t16-,21+/m1/s1. The van der Waals surface area contributed by atoms with Gasteiger partial charge in [-0.1, -0.05) is 26.7 Å². The number of hydrogen-bond acceptors (Lipinski definition) is 4. The molecule has 2 heterocycles. The summed E-state index contributed by atoms with van der Waals surface area (Å²) in [5.41, 5.74) is -0.403. The highest BCUT2D eigenvalue weighted by Gasteiger charge is 2.54. The van der Waals surface area contributed by atoms with Crippen LogP contribution in [0.15, 0.2) is 24.3 Å². The maximum atomic E-state index is 12.4. The molecule has 0 radical (unpaired) electrons. The number of ether oxygens (including phenoxy) is 1.